The van der Waals surface area contributed by atoms with Gasteiger partial charge in [-0.05, 0) is 57.8 Å². The molecule has 0 spiro atoms. The van der Waals surface area contributed by atoms with E-state index in [9.17, 15) is 9.59 Å². The summed E-state index contributed by atoms with van der Waals surface area (Å²) < 4.78 is 16.1. The maximum atomic E-state index is 12.4. The Morgan fingerprint density at radius 1 is 0.606 bits per heavy atom. The van der Waals surface area contributed by atoms with E-state index in [1.54, 1.807) is 12.2 Å². The van der Waals surface area contributed by atoms with Gasteiger partial charge < -0.3 is 14.2 Å². The van der Waals surface area contributed by atoms with Crippen LogP contribution >= 0.6 is 0 Å². The number of esters is 2. The van der Waals surface area contributed by atoms with E-state index in [2.05, 4.69) is 19.7 Å². The predicted molar refractivity (Wildman–Crippen MR) is 136 cm³/mol. The van der Waals surface area contributed by atoms with Gasteiger partial charge in [0.2, 0.25) is 0 Å². The first-order chi connectivity index (χ1) is 16.2. The van der Waals surface area contributed by atoms with Crippen LogP contribution in [0.4, 0.5) is 0 Å². The molecule has 0 aliphatic heterocycles. The number of rotatable bonds is 22. The zero-order valence-electron chi connectivity index (χ0n) is 20.1. The molecule has 0 aromatic rings. The quantitative estimate of drug-likeness (QED) is 0.104. The van der Waals surface area contributed by atoms with Crippen LogP contribution in [-0.4, -0.2) is 37.9 Å². The van der Waals surface area contributed by atoms with Crippen LogP contribution in [0.3, 0.4) is 0 Å². The molecule has 0 N–H and O–H groups in total. The largest absolute Gasteiger partial charge is 0.461 e. The van der Waals surface area contributed by atoms with Crippen LogP contribution in [0.2, 0.25) is 0 Å². The van der Waals surface area contributed by atoms with Gasteiger partial charge in [-0.25, -0.2) is 4.79 Å². The van der Waals surface area contributed by atoms with Crippen molar-refractivity contribution in [2.75, 3.05) is 19.8 Å². The van der Waals surface area contributed by atoms with Crippen molar-refractivity contribution < 1.29 is 23.8 Å². The smallest absolute Gasteiger partial charge is 0.336 e. The Morgan fingerprint density at radius 3 is 1.55 bits per heavy atom. The molecule has 0 fully saturated rings. The first-order valence-electron chi connectivity index (χ1n) is 11.9. The Hall–Kier alpha value is -2.66. The van der Waals surface area contributed by atoms with E-state index in [1.807, 2.05) is 42.5 Å². The zero-order chi connectivity index (χ0) is 24.4. The van der Waals surface area contributed by atoms with E-state index in [0.717, 1.165) is 57.8 Å². The molecule has 5 nitrogen and oxygen atoms in total. The lowest BCUT2D eigenvalue weighted by atomic mass is 10.2. The highest BCUT2D eigenvalue weighted by atomic mass is 16.6. The van der Waals surface area contributed by atoms with Gasteiger partial charge in [-0.15, -0.1) is 19.7 Å². The second kappa shape index (κ2) is 24.0. The standard InChI is InChI=1S/C28H42O5/c1-4-7-10-13-16-19-22-31-26(28(30)33-24-21-18-15-12-9-6-3)25-27(29)32-23-20-17-14-11-8-5-2/h4-6,16-21,26H,1-3,7-15,22-25H2/b19-16+,20-17+,21-18+. The average molecular weight is 459 g/mol. The fraction of sp³-hybridized carbons (Fsp3) is 0.500. The van der Waals surface area contributed by atoms with Crippen LogP contribution < -0.4 is 0 Å². The Bertz CT molecular complexity index is 630. The molecule has 33 heavy (non-hydrogen) atoms. The lowest BCUT2D eigenvalue weighted by molar-refractivity contribution is -0.161. The minimum Gasteiger partial charge on any atom is -0.461 e. The first kappa shape index (κ1) is 30.3. The van der Waals surface area contributed by atoms with Crippen LogP contribution in [0.1, 0.15) is 64.2 Å². The molecule has 1 unspecified atom stereocenters. The van der Waals surface area contributed by atoms with Gasteiger partial charge in [-0.3, -0.25) is 4.79 Å². The number of hydrogen-bond donors (Lipinski definition) is 0. The number of allylic oxidation sites excluding steroid dienone is 6. The Morgan fingerprint density at radius 2 is 1.06 bits per heavy atom. The summed E-state index contributed by atoms with van der Waals surface area (Å²) in [6.45, 7) is 11.6. The van der Waals surface area contributed by atoms with Crippen molar-refractivity contribution in [1.29, 1.82) is 0 Å². The second-order valence-electron chi connectivity index (χ2n) is 7.41. The molecule has 184 valence electrons. The van der Waals surface area contributed by atoms with Crippen molar-refractivity contribution >= 4 is 11.9 Å². The van der Waals surface area contributed by atoms with Crippen molar-refractivity contribution in [3.05, 3.63) is 74.4 Å². The van der Waals surface area contributed by atoms with Crippen molar-refractivity contribution in [3.8, 4) is 0 Å². The van der Waals surface area contributed by atoms with Crippen LogP contribution in [-0.2, 0) is 23.8 Å². The topological polar surface area (TPSA) is 61.8 Å². The molecule has 0 radical (unpaired) electrons. The molecular weight excluding hydrogens is 416 g/mol. The maximum Gasteiger partial charge on any atom is 0.336 e. The number of carbonyl (C=O) groups is 2. The molecule has 0 amide bonds. The summed E-state index contributed by atoms with van der Waals surface area (Å²) in [5, 5.41) is 0. The van der Waals surface area contributed by atoms with Crippen molar-refractivity contribution in [1.82, 2.24) is 0 Å². The van der Waals surface area contributed by atoms with Gasteiger partial charge in [-0.2, -0.15) is 0 Å². The number of hydrogen-bond acceptors (Lipinski definition) is 5. The lowest BCUT2D eigenvalue weighted by Crippen LogP contribution is -2.30. The maximum absolute atomic E-state index is 12.4. The highest BCUT2D eigenvalue weighted by Crippen LogP contribution is 2.06. The summed E-state index contributed by atoms with van der Waals surface area (Å²) in [5.74, 6) is -1.06. The van der Waals surface area contributed by atoms with Crippen LogP contribution in [0, 0.1) is 0 Å². The van der Waals surface area contributed by atoms with Gasteiger partial charge in [0.05, 0.1) is 13.0 Å². The summed E-state index contributed by atoms with van der Waals surface area (Å²) >= 11 is 0. The fourth-order valence-corrected chi connectivity index (χ4v) is 2.65. The van der Waals surface area contributed by atoms with Gasteiger partial charge in [0, 0.05) is 0 Å². The summed E-state index contributed by atoms with van der Waals surface area (Å²) in [5.41, 5.74) is 0. The van der Waals surface area contributed by atoms with Gasteiger partial charge in [0.25, 0.3) is 0 Å². The number of ether oxygens (including phenoxy) is 3. The van der Waals surface area contributed by atoms with E-state index in [1.165, 1.54) is 0 Å². The summed E-state index contributed by atoms with van der Waals surface area (Å²) in [6, 6.07) is 0. The zero-order valence-corrected chi connectivity index (χ0v) is 20.1. The SMILES string of the molecule is C=CCCC/C=C/COC(=O)CC(OC/C=C/CCCC=C)C(=O)OC/C=C/CCCC=C. The summed E-state index contributed by atoms with van der Waals surface area (Å²) in [6.07, 6.45) is 24.4. The molecule has 0 bridgehead atoms. The van der Waals surface area contributed by atoms with Crippen LogP contribution in [0.15, 0.2) is 74.4 Å². The van der Waals surface area contributed by atoms with E-state index in [4.69, 9.17) is 14.2 Å². The molecule has 0 saturated carbocycles. The third kappa shape index (κ3) is 21.0. The molecule has 0 aromatic heterocycles. The minimum absolute atomic E-state index is 0.146. The lowest BCUT2D eigenvalue weighted by Gasteiger charge is -2.15. The monoisotopic (exact) mass is 458 g/mol. The minimum atomic E-state index is -0.999. The Kier molecular flexibility index (Phi) is 22.1. The molecule has 0 saturated heterocycles. The molecular formula is C28H42O5. The fourth-order valence-electron chi connectivity index (χ4n) is 2.65. The normalized spacial score (nSPS) is 12.2. The van der Waals surface area contributed by atoms with E-state index >= 15 is 0 Å². The van der Waals surface area contributed by atoms with Crippen molar-refractivity contribution in [2.45, 2.75) is 70.3 Å². The number of carbonyl (C=O) groups excluding carboxylic acids is 2. The average Bonchev–Trinajstić information content (AvgIpc) is 2.81. The highest BCUT2D eigenvalue weighted by Gasteiger charge is 2.24. The van der Waals surface area contributed by atoms with E-state index in [-0.39, 0.29) is 26.2 Å². The Balaban J connectivity index is 4.51. The molecule has 0 aliphatic carbocycles. The third-order valence-electron chi connectivity index (χ3n) is 4.51. The molecule has 0 aromatic carbocycles. The van der Waals surface area contributed by atoms with Gasteiger partial charge in [0.1, 0.15) is 13.2 Å². The van der Waals surface area contributed by atoms with Crippen LogP contribution in [0.25, 0.3) is 0 Å². The van der Waals surface area contributed by atoms with Gasteiger partial charge >= 0.3 is 11.9 Å². The molecule has 5 heteroatoms. The first-order valence-corrected chi connectivity index (χ1v) is 11.9. The third-order valence-corrected chi connectivity index (χ3v) is 4.51. The van der Waals surface area contributed by atoms with Gasteiger partial charge in [-0.1, -0.05) is 54.7 Å². The summed E-state index contributed by atoms with van der Waals surface area (Å²) in [7, 11) is 0. The van der Waals surface area contributed by atoms with Crippen molar-refractivity contribution in [3.63, 3.8) is 0 Å². The number of unbranched alkanes of at least 4 members (excludes halogenated alkanes) is 6. The highest BCUT2D eigenvalue weighted by molar-refractivity contribution is 5.82. The molecule has 0 heterocycles. The van der Waals surface area contributed by atoms with E-state index in [0.29, 0.717) is 0 Å². The van der Waals surface area contributed by atoms with Crippen LogP contribution in [0.5, 0.6) is 0 Å². The van der Waals surface area contributed by atoms with Crippen molar-refractivity contribution in [2.24, 2.45) is 0 Å². The van der Waals surface area contributed by atoms with Gasteiger partial charge in [0.15, 0.2) is 6.10 Å². The Labute approximate surface area is 200 Å². The molecule has 1 atom stereocenters. The predicted octanol–water partition coefficient (Wildman–Crippen LogP) is 6.59. The summed E-state index contributed by atoms with van der Waals surface area (Å²) in [4.78, 5) is 24.6. The van der Waals surface area contributed by atoms with E-state index < -0.39 is 18.0 Å². The molecule has 0 rings (SSSR count). The second-order valence-corrected chi connectivity index (χ2v) is 7.41. The molecule has 0 aliphatic rings.